The Morgan fingerprint density at radius 2 is 2.33 bits per heavy atom. The van der Waals surface area contributed by atoms with Crippen molar-refractivity contribution in [2.24, 2.45) is 7.05 Å². The monoisotopic (exact) mass is 207 g/mol. The van der Waals surface area contributed by atoms with Crippen LogP contribution >= 0.6 is 0 Å². The molecule has 15 heavy (non-hydrogen) atoms. The summed E-state index contributed by atoms with van der Waals surface area (Å²) in [6.45, 7) is 2.05. The number of rotatable bonds is 3. The van der Waals surface area contributed by atoms with Crippen molar-refractivity contribution >= 4 is 0 Å². The van der Waals surface area contributed by atoms with E-state index in [4.69, 9.17) is 9.63 Å². The summed E-state index contributed by atoms with van der Waals surface area (Å²) in [5.74, 6) is 0.691. The Labute approximate surface area is 87.3 Å². The first-order chi connectivity index (χ1) is 7.22. The van der Waals surface area contributed by atoms with Crippen LogP contribution in [0.5, 0.6) is 0 Å². The van der Waals surface area contributed by atoms with E-state index >= 15 is 0 Å². The lowest BCUT2D eigenvalue weighted by atomic mass is 10.2. The summed E-state index contributed by atoms with van der Waals surface area (Å²) in [5, 5.41) is 16.8. The van der Waals surface area contributed by atoms with E-state index < -0.39 is 0 Å². The fourth-order valence-electron chi connectivity index (χ4n) is 1.42. The Morgan fingerprint density at radius 1 is 1.53 bits per heavy atom. The van der Waals surface area contributed by atoms with Crippen LogP contribution < -0.4 is 0 Å². The van der Waals surface area contributed by atoms with Gasteiger partial charge in [-0.3, -0.25) is 4.68 Å². The van der Waals surface area contributed by atoms with E-state index in [2.05, 4.69) is 10.3 Å². The van der Waals surface area contributed by atoms with E-state index in [1.807, 2.05) is 20.0 Å². The van der Waals surface area contributed by atoms with Crippen molar-refractivity contribution in [2.45, 2.75) is 13.3 Å². The molecular weight excluding hydrogens is 194 g/mol. The Kier molecular flexibility index (Phi) is 2.55. The Hall–Kier alpha value is -1.62. The molecule has 2 aromatic heterocycles. The van der Waals surface area contributed by atoms with Crippen LogP contribution in [-0.2, 0) is 13.5 Å². The largest absolute Gasteiger partial charge is 0.396 e. The smallest absolute Gasteiger partial charge is 0.139 e. The molecule has 80 valence electrons. The molecule has 0 aliphatic carbocycles. The summed E-state index contributed by atoms with van der Waals surface area (Å²) >= 11 is 0. The van der Waals surface area contributed by atoms with Crippen LogP contribution in [0.4, 0.5) is 0 Å². The van der Waals surface area contributed by atoms with Gasteiger partial charge in [0.2, 0.25) is 0 Å². The van der Waals surface area contributed by atoms with Gasteiger partial charge in [-0.2, -0.15) is 5.10 Å². The van der Waals surface area contributed by atoms with E-state index in [9.17, 15) is 0 Å². The second-order valence-corrected chi connectivity index (χ2v) is 3.42. The summed E-state index contributed by atoms with van der Waals surface area (Å²) in [4.78, 5) is 0. The molecule has 1 N–H and O–H groups in total. The first-order valence-corrected chi connectivity index (χ1v) is 4.78. The number of aliphatic hydroxyl groups excluding tert-OH is 1. The number of nitrogens with zero attached hydrogens (tertiary/aromatic N) is 3. The van der Waals surface area contributed by atoms with E-state index in [-0.39, 0.29) is 6.61 Å². The minimum atomic E-state index is 0.0701. The third-order valence-corrected chi connectivity index (χ3v) is 2.43. The van der Waals surface area contributed by atoms with Gasteiger partial charge in [-0.15, -0.1) is 0 Å². The lowest BCUT2D eigenvalue weighted by Gasteiger charge is -1.94. The normalized spacial score (nSPS) is 10.9. The summed E-state index contributed by atoms with van der Waals surface area (Å²) in [5.41, 5.74) is 2.77. The van der Waals surface area contributed by atoms with E-state index in [0.717, 1.165) is 17.0 Å². The average Bonchev–Trinajstić information content (AvgIpc) is 2.77. The number of aryl methyl sites for hydroxylation is 1. The van der Waals surface area contributed by atoms with Crippen LogP contribution in [0.1, 0.15) is 11.5 Å². The van der Waals surface area contributed by atoms with Gasteiger partial charge in [-0.25, -0.2) is 0 Å². The average molecular weight is 207 g/mol. The quantitative estimate of drug-likeness (QED) is 0.812. The first-order valence-electron chi connectivity index (χ1n) is 4.78. The number of hydrogen-bond donors (Lipinski definition) is 1. The van der Waals surface area contributed by atoms with Crippen LogP contribution in [0.2, 0.25) is 0 Å². The van der Waals surface area contributed by atoms with E-state index in [1.165, 1.54) is 0 Å². The Bertz CT molecular complexity index is 459. The first kappa shape index (κ1) is 9.92. The highest BCUT2D eigenvalue weighted by Crippen LogP contribution is 2.22. The maximum absolute atomic E-state index is 8.75. The minimum Gasteiger partial charge on any atom is -0.396 e. The fraction of sp³-hybridized carbons (Fsp3) is 0.400. The molecule has 0 aliphatic heterocycles. The molecule has 2 heterocycles. The molecule has 0 saturated heterocycles. The van der Waals surface area contributed by atoms with E-state index in [0.29, 0.717) is 12.2 Å². The minimum absolute atomic E-state index is 0.0701. The lowest BCUT2D eigenvalue weighted by molar-refractivity contribution is 0.277. The van der Waals surface area contributed by atoms with Crippen LogP contribution in [0.15, 0.2) is 16.8 Å². The topological polar surface area (TPSA) is 64.1 Å². The number of hydrogen-bond acceptors (Lipinski definition) is 4. The van der Waals surface area contributed by atoms with Gasteiger partial charge in [0, 0.05) is 30.8 Å². The van der Waals surface area contributed by atoms with Gasteiger partial charge in [0.05, 0.1) is 12.8 Å². The molecule has 0 aromatic carbocycles. The number of aliphatic hydroxyl groups is 1. The predicted octanol–water partition coefficient (Wildman–Crippen LogP) is 0.918. The summed E-state index contributed by atoms with van der Waals surface area (Å²) in [6.07, 6.45) is 2.25. The van der Waals surface area contributed by atoms with Crippen molar-refractivity contribution in [3.8, 4) is 11.3 Å². The molecule has 0 aliphatic rings. The zero-order chi connectivity index (χ0) is 10.8. The molecule has 0 fully saturated rings. The summed E-state index contributed by atoms with van der Waals surface area (Å²) in [7, 11) is 1.88. The molecular formula is C10H13N3O2. The van der Waals surface area contributed by atoms with E-state index in [1.54, 1.807) is 10.9 Å². The van der Waals surface area contributed by atoms with Crippen molar-refractivity contribution in [1.82, 2.24) is 14.9 Å². The molecule has 2 aromatic rings. The van der Waals surface area contributed by atoms with Gasteiger partial charge in [-0.05, 0) is 6.92 Å². The Morgan fingerprint density at radius 3 is 2.93 bits per heavy atom. The SMILES string of the molecule is Cc1c(-c2cc(CCO)on2)cnn1C. The number of aromatic nitrogens is 3. The zero-order valence-corrected chi connectivity index (χ0v) is 8.77. The zero-order valence-electron chi connectivity index (χ0n) is 8.77. The molecule has 0 saturated carbocycles. The second-order valence-electron chi connectivity index (χ2n) is 3.42. The Balaban J connectivity index is 2.33. The maximum atomic E-state index is 8.75. The standard InChI is InChI=1S/C10H13N3O2/c1-7-9(6-11-13(7)2)10-5-8(3-4-14)15-12-10/h5-6,14H,3-4H2,1-2H3. The van der Waals surface area contributed by atoms with Gasteiger partial charge in [0.1, 0.15) is 11.5 Å². The molecule has 5 heteroatoms. The van der Waals surface area contributed by atoms with Crippen molar-refractivity contribution in [1.29, 1.82) is 0 Å². The van der Waals surface area contributed by atoms with Crippen molar-refractivity contribution in [3.63, 3.8) is 0 Å². The maximum Gasteiger partial charge on any atom is 0.139 e. The van der Waals surface area contributed by atoms with Gasteiger partial charge in [0.15, 0.2) is 0 Å². The lowest BCUT2D eigenvalue weighted by Crippen LogP contribution is -1.92. The third kappa shape index (κ3) is 1.78. The highest BCUT2D eigenvalue weighted by Gasteiger charge is 2.11. The molecule has 5 nitrogen and oxygen atoms in total. The van der Waals surface area contributed by atoms with Crippen LogP contribution in [-0.4, -0.2) is 26.7 Å². The highest BCUT2D eigenvalue weighted by atomic mass is 16.5. The molecule has 0 radical (unpaired) electrons. The molecule has 0 unspecified atom stereocenters. The van der Waals surface area contributed by atoms with Gasteiger partial charge in [0.25, 0.3) is 0 Å². The van der Waals surface area contributed by atoms with Crippen molar-refractivity contribution < 1.29 is 9.63 Å². The summed E-state index contributed by atoms with van der Waals surface area (Å²) in [6, 6.07) is 1.83. The molecule has 0 spiro atoms. The highest BCUT2D eigenvalue weighted by molar-refractivity contribution is 5.60. The molecule has 0 atom stereocenters. The second kappa shape index (κ2) is 3.86. The van der Waals surface area contributed by atoms with Gasteiger partial charge < -0.3 is 9.63 Å². The molecule has 0 amide bonds. The fourth-order valence-corrected chi connectivity index (χ4v) is 1.42. The third-order valence-electron chi connectivity index (χ3n) is 2.43. The van der Waals surface area contributed by atoms with Gasteiger partial charge >= 0.3 is 0 Å². The van der Waals surface area contributed by atoms with Crippen LogP contribution in [0, 0.1) is 6.92 Å². The van der Waals surface area contributed by atoms with Crippen molar-refractivity contribution in [2.75, 3.05) is 6.61 Å². The summed E-state index contributed by atoms with van der Waals surface area (Å²) < 4.78 is 6.86. The molecule has 0 bridgehead atoms. The molecule has 2 rings (SSSR count). The van der Waals surface area contributed by atoms with Gasteiger partial charge in [-0.1, -0.05) is 5.16 Å². The van der Waals surface area contributed by atoms with Crippen LogP contribution in [0.3, 0.4) is 0 Å². The van der Waals surface area contributed by atoms with Crippen LogP contribution in [0.25, 0.3) is 11.3 Å². The predicted molar refractivity (Wildman–Crippen MR) is 54.2 cm³/mol. The van der Waals surface area contributed by atoms with Crippen molar-refractivity contribution in [3.05, 3.63) is 23.7 Å².